The predicted molar refractivity (Wildman–Crippen MR) is 83.6 cm³/mol. The van der Waals surface area contributed by atoms with Gasteiger partial charge in [0.1, 0.15) is 0 Å². The Morgan fingerprint density at radius 2 is 2.00 bits per heavy atom. The lowest BCUT2D eigenvalue weighted by Crippen LogP contribution is -2.37. The van der Waals surface area contributed by atoms with Crippen LogP contribution >= 0.6 is 26.6 Å². The zero-order chi connectivity index (χ0) is 14.6. The topological polar surface area (TPSA) is 46.6 Å². The summed E-state index contributed by atoms with van der Waals surface area (Å²) in [7, 11) is 1.75. The number of hydrogen-bond donors (Lipinski definition) is 0. The quantitative estimate of drug-likeness (QED) is 0.734. The van der Waals surface area contributed by atoms with Crippen LogP contribution in [0.25, 0.3) is 0 Å². The minimum atomic E-state index is -3.51. The van der Waals surface area contributed by atoms with E-state index in [1.807, 2.05) is 18.2 Å². The lowest BCUT2D eigenvalue weighted by atomic mass is 10.1. The zero-order valence-corrected chi connectivity index (χ0v) is 14.2. The van der Waals surface area contributed by atoms with Gasteiger partial charge in [0.2, 0.25) is 9.05 Å². The van der Waals surface area contributed by atoms with Crippen molar-refractivity contribution < 1.29 is 13.2 Å². The summed E-state index contributed by atoms with van der Waals surface area (Å²) < 4.78 is 28.4. The first kappa shape index (κ1) is 16.2. The molecule has 1 aliphatic heterocycles. The van der Waals surface area contributed by atoms with Crippen LogP contribution < -0.4 is 0 Å². The molecule has 0 bridgehead atoms. The Labute approximate surface area is 132 Å². The Hall–Kier alpha value is -0.140. The molecule has 0 atom stereocenters. The number of hydrogen-bond acceptors (Lipinski definition) is 4. The van der Waals surface area contributed by atoms with Gasteiger partial charge in [0, 0.05) is 34.8 Å². The van der Waals surface area contributed by atoms with Crippen LogP contribution in [0, 0.1) is 0 Å². The molecule has 0 saturated carbocycles. The lowest BCUT2D eigenvalue weighted by Gasteiger charge is -2.26. The summed E-state index contributed by atoms with van der Waals surface area (Å²) in [5.74, 6) is -0.142. The largest absolute Gasteiger partial charge is 0.379 e. The Balaban J connectivity index is 1.95. The molecule has 20 heavy (non-hydrogen) atoms. The van der Waals surface area contributed by atoms with E-state index >= 15 is 0 Å². The first-order valence-electron chi connectivity index (χ1n) is 6.44. The van der Waals surface area contributed by atoms with Gasteiger partial charge in [-0.05, 0) is 23.6 Å². The third-order valence-electron chi connectivity index (χ3n) is 3.26. The van der Waals surface area contributed by atoms with Crippen LogP contribution in [0.15, 0.2) is 22.7 Å². The minimum Gasteiger partial charge on any atom is -0.379 e. The Morgan fingerprint density at radius 3 is 2.60 bits per heavy atom. The van der Waals surface area contributed by atoms with Crippen molar-refractivity contribution in [2.75, 3.05) is 32.8 Å². The number of ether oxygens (including phenoxy) is 1. The maximum Gasteiger partial charge on any atom is 0.236 e. The van der Waals surface area contributed by atoms with Gasteiger partial charge in [0.05, 0.1) is 19.0 Å². The van der Waals surface area contributed by atoms with Crippen molar-refractivity contribution in [3.05, 3.63) is 33.8 Å². The Bertz CT molecular complexity index is 559. The second kappa shape index (κ2) is 7.22. The molecule has 0 radical (unpaired) electrons. The van der Waals surface area contributed by atoms with E-state index in [9.17, 15) is 8.42 Å². The van der Waals surface area contributed by atoms with Gasteiger partial charge in [0.25, 0.3) is 0 Å². The van der Waals surface area contributed by atoms with E-state index in [2.05, 4.69) is 20.8 Å². The number of benzene rings is 1. The molecule has 4 nitrogen and oxygen atoms in total. The van der Waals surface area contributed by atoms with E-state index in [4.69, 9.17) is 15.4 Å². The maximum absolute atomic E-state index is 11.1. The number of rotatable bonds is 5. The van der Waals surface area contributed by atoms with Crippen LogP contribution in [-0.4, -0.2) is 46.2 Å². The van der Waals surface area contributed by atoms with E-state index in [0.717, 1.165) is 43.7 Å². The molecule has 1 aromatic carbocycles. The van der Waals surface area contributed by atoms with Crippen LogP contribution in [0.3, 0.4) is 0 Å². The van der Waals surface area contributed by atoms with Crippen LogP contribution in [0.4, 0.5) is 0 Å². The van der Waals surface area contributed by atoms with Crippen molar-refractivity contribution in [2.45, 2.75) is 12.2 Å². The second-order valence-electron chi connectivity index (χ2n) is 4.81. The first-order valence-corrected chi connectivity index (χ1v) is 9.71. The zero-order valence-electron chi connectivity index (χ0n) is 11.0. The molecule has 1 heterocycles. The fourth-order valence-corrected chi connectivity index (χ4v) is 3.77. The van der Waals surface area contributed by atoms with Crippen molar-refractivity contribution in [1.29, 1.82) is 0 Å². The molecule has 7 heteroatoms. The average Bonchev–Trinajstić information content (AvgIpc) is 2.37. The molecule has 2 rings (SSSR count). The summed E-state index contributed by atoms with van der Waals surface area (Å²) >= 11 is 3.50. The molecular weight excluding hydrogens is 366 g/mol. The monoisotopic (exact) mass is 381 g/mol. The molecule has 0 N–H and O–H groups in total. The van der Waals surface area contributed by atoms with Gasteiger partial charge in [-0.1, -0.05) is 28.1 Å². The van der Waals surface area contributed by atoms with Gasteiger partial charge < -0.3 is 4.74 Å². The van der Waals surface area contributed by atoms with Crippen LogP contribution in [-0.2, 0) is 26.0 Å². The fourth-order valence-electron chi connectivity index (χ4n) is 2.19. The van der Waals surface area contributed by atoms with E-state index < -0.39 is 9.05 Å². The van der Waals surface area contributed by atoms with Crippen molar-refractivity contribution >= 4 is 35.7 Å². The standard InChI is InChI=1S/C13H17BrClNO3S/c14-13-9-11(10-20(15,17)18)1-2-12(13)3-4-16-5-7-19-8-6-16/h1-2,9H,3-8,10H2. The van der Waals surface area contributed by atoms with Crippen LogP contribution in [0.2, 0.25) is 0 Å². The molecule has 112 valence electrons. The third-order valence-corrected chi connectivity index (χ3v) is 5.00. The summed E-state index contributed by atoms with van der Waals surface area (Å²) in [6, 6.07) is 5.61. The lowest BCUT2D eigenvalue weighted by molar-refractivity contribution is 0.0384. The summed E-state index contributed by atoms with van der Waals surface area (Å²) in [5.41, 5.74) is 1.87. The maximum atomic E-state index is 11.1. The second-order valence-corrected chi connectivity index (χ2v) is 8.44. The number of halogens is 2. The van der Waals surface area contributed by atoms with E-state index in [-0.39, 0.29) is 5.75 Å². The molecule has 0 unspecified atom stereocenters. The highest BCUT2D eigenvalue weighted by Crippen LogP contribution is 2.21. The highest BCUT2D eigenvalue weighted by Gasteiger charge is 2.12. The summed E-state index contributed by atoms with van der Waals surface area (Å²) in [5, 5.41) is 0. The summed E-state index contributed by atoms with van der Waals surface area (Å²) in [6.45, 7) is 4.52. The van der Waals surface area contributed by atoms with Gasteiger partial charge in [-0.2, -0.15) is 0 Å². The van der Waals surface area contributed by atoms with Gasteiger partial charge in [-0.3, -0.25) is 4.90 Å². The van der Waals surface area contributed by atoms with Crippen LogP contribution in [0.5, 0.6) is 0 Å². The fraction of sp³-hybridized carbons (Fsp3) is 0.538. The Kier molecular flexibility index (Phi) is 5.86. The highest BCUT2D eigenvalue weighted by molar-refractivity contribution is 9.10. The molecule has 1 fully saturated rings. The SMILES string of the molecule is O=S(=O)(Cl)Cc1ccc(CCN2CCOCC2)c(Br)c1. The molecule has 1 saturated heterocycles. The van der Waals surface area contributed by atoms with E-state index in [0.29, 0.717) is 5.56 Å². The normalized spacial score (nSPS) is 17.3. The van der Waals surface area contributed by atoms with Crippen LogP contribution in [0.1, 0.15) is 11.1 Å². The predicted octanol–water partition coefficient (Wildman–Crippen LogP) is 2.39. The van der Waals surface area contributed by atoms with Gasteiger partial charge in [-0.25, -0.2) is 8.42 Å². The van der Waals surface area contributed by atoms with E-state index in [1.54, 1.807) is 0 Å². The minimum absolute atomic E-state index is 0.142. The summed E-state index contributed by atoms with van der Waals surface area (Å²) in [4.78, 5) is 2.37. The average molecular weight is 383 g/mol. The number of morpholine rings is 1. The van der Waals surface area contributed by atoms with Crippen molar-refractivity contribution in [3.63, 3.8) is 0 Å². The molecular formula is C13H17BrClNO3S. The smallest absolute Gasteiger partial charge is 0.236 e. The molecule has 0 aliphatic carbocycles. The van der Waals surface area contributed by atoms with Crippen molar-refractivity contribution in [2.24, 2.45) is 0 Å². The third kappa shape index (κ3) is 5.33. The molecule has 1 aliphatic rings. The highest BCUT2D eigenvalue weighted by atomic mass is 79.9. The van der Waals surface area contributed by atoms with Crippen molar-refractivity contribution in [3.8, 4) is 0 Å². The number of nitrogens with zero attached hydrogens (tertiary/aromatic N) is 1. The van der Waals surface area contributed by atoms with Gasteiger partial charge >= 0.3 is 0 Å². The Morgan fingerprint density at radius 1 is 1.30 bits per heavy atom. The first-order chi connectivity index (χ1) is 9.44. The van der Waals surface area contributed by atoms with Gasteiger partial charge in [0.15, 0.2) is 0 Å². The van der Waals surface area contributed by atoms with Crippen molar-refractivity contribution in [1.82, 2.24) is 4.90 Å². The summed E-state index contributed by atoms with van der Waals surface area (Å²) in [6.07, 6.45) is 0.925. The molecule has 0 amide bonds. The van der Waals surface area contributed by atoms with E-state index in [1.165, 1.54) is 5.56 Å². The molecule has 0 spiro atoms. The molecule has 0 aromatic heterocycles. The van der Waals surface area contributed by atoms with Gasteiger partial charge in [-0.15, -0.1) is 0 Å². The molecule has 1 aromatic rings.